The van der Waals surface area contributed by atoms with Crippen LogP contribution in [-0.2, 0) is 0 Å². The maximum absolute atomic E-state index is 6.59. The molecule has 1 saturated heterocycles. The quantitative estimate of drug-likeness (QED) is 0.301. The molecule has 2 atom stereocenters. The minimum absolute atomic E-state index is 0.151. The van der Waals surface area contributed by atoms with Crippen LogP contribution in [0, 0.1) is 12.8 Å². The van der Waals surface area contributed by atoms with Crippen molar-refractivity contribution in [3.63, 3.8) is 0 Å². The van der Waals surface area contributed by atoms with E-state index in [-0.39, 0.29) is 5.92 Å². The zero-order chi connectivity index (χ0) is 26.5. The second-order valence-corrected chi connectivity index (χ2v) is 10.8. The lowest BCUT2D eigenvalue weighted by atomic mass is 9.80. The summed E-state index contributed by atoms with van der Waals surface area (Å²) in [5, 5.41) is 3.68. The summed E-state index contributed by atoms with van der Waals surface area (Å²) in [6, 6.07) is 26.3. The molecule has 38 heavy (non-hydrogen) atoms. The van der Waals surface area contributed by atoms with Crippen LogP contribution in [0.4, 0.5) is 11.4 Å². The van der Waals surface area contributed by atoms with E-state index < -0.39 is 0 Å². The number of nitrogen functional groups attached to an aromatic ring is 1. The summed E-state index contributed by atoms with van der Waals surface area (Å²) >= 11 is 0. The lowest BCUT2D eigenvalue weighted by Crippen LogP contribution is -2.38. The summed E-state index contributed by atoms with van der Waals surface area (Å²) in [5.41, 5.74) is 22.0. The van der Waals surface area contributed by atoms with Gasteiger partial charge in [0.2, 0.25) is 0 Å². The number of nitrogens with two attached hydrogens (primary N) is 2. The lowest BCUT2D eigenvalue weighted by Gasteiger charge is -2.36. The first kappa shape index (κ1) is 25.7. The van der Waals surface area contributed by atoms with Crippen molar-refractivity contribution in [3.05, 3.63) is 125 Å². The van der Waals surface area contributed by atoms with Gasteiger partial charge in [-0.2, -0.15) is 0 Å². The van der Waals surface area contributed by atoms with E-state index in [9.17, 15) is 0 Å². The van der Waals surface area contributed by atoms with Crippen LogP contribution in [0.2, 0.25) is 0 Å². The molecule has 0 radical (unpaired) electrons. The summed E-state index contributed by atoms with van der Waals surface area (Å²) < 4.78 is 0. The molecule has 5 N–H and O–H groups in total. The van der Waals surface area contributed by atoms with Crippen molar-refractivity contribution in [3.8, 4) is 0 Å². The van der Waals surface area contributed by atoms with Crippen molar-refractivity contribution in [2.75, 3.05) is 24.1 Å². The third-order valence-electron chi connectivity index (χ3n) is 7.91. The smallest absolute Gasteiger partial charge is 0.0618 e. The normalized spacial score (nSPS) is 19.2. The Bertz CT molecular complexity index is 1310. The molecule has 0 amide bonds. The van der Waals surface area contributed by atoms with E-state index in [1.54, 1.807) is 6.20 Å². The number of rotatable bonds is 7. The van der Waals surface area contributed by atoms with Crippen molar-refractivity contribution in [1.29, 1.82) is 0 Å². The van der Waals surface area contributed by atoms with Crippen molar-refractivity contribution >= 4 is 17.1 Å². The van der Waals surface area contributed by atoms with Gasteiger partial charge in [-0.25, -0.2) is 0 Å². The van der Waals surface area contributed by atoms with Gasteiger partial charge < -0.3 is 21.7 Å². The number of allylic oxidation sites excluding steroid dienone is 4. The van der Waals surface area contributed by atoms with Crippen molar-refractivity contribution in [1.82, 2.24) is 4.90 Å². The Kier molecular flexibility index (Phi) is 7.88. The van der Waals surface area contributed by atoms with E-state index in [2.05, 4.69) is 115 Å². The van der Waals surface area contributed by atoms with Gasteiger partial charge in [0.25, 0.3) is 0 Å². The first-order valence-electron chi connectivity index (χ1n) is 13.8. The Balaban J connectivity index is 1.40. The fourth-order valence-electron chi connectivity index (χ4n) is 5.67. The zero-order valence-corrected chi connectivity index (χ0v) is 22.6. The molecule has 0 aromatic heterocycles. The molecule has 196 valence electrons. The maximum Gasteiger partial charge on any atom is 0.0618 e. The molecule has 1 aliphatic heterocycles. The fourth-order valence-corrected chi connectivity index (χ4v) is 5.67. The number of anilines is 2. The second-order valence-electron chi connectivity index (χ2n) is 10.8. The van der Waals surface area contributed by atoms with Crippen molar-refractivity contribution in [2.24, 2.45) is 11.7 Å². The summed E-state index contributed by atoms with van der Waals surface area (Å²) in [5.74, 6) is 0.726. The molecule has 0 saturated carbocycles. The van der Waals surface area contributed by atoms with Crippen LogP contribution in [-0.4, -0.2) is 24.0 Å². The summed E-state index contributed by atoms with van der Waals surface area (Å²) in [4.78, 5) is 2.39. The molecule has 1 heterocycles. The Morgan fingerprint density at radius 3 is 2.34 bits per heavy atom. The number of para-hydroxylation sites is 1. The number of hydrogen-bond donors (Lipinski definition) is 3. The topological polar surface area (TPSA) is 67.3 Å². The van der Waals surface area contributed by atoms with Crippen LogP contribution >= 0.6 is 0 Å². The SMILES string of the molecule is Cc1ccc(C(C2=CCC(C)C=C2)c2ccc(N)c(/C(=C\N)N3CCC(Nc4ccccc4)CC3)c2)cc1. The van der Waals surface area contributed by atoms with Crippen LogP contribution in [0.5, 0.6) is 0 Å². The van der Waals surface area contributed by atoms with E-state index in [1.165, 1.54) is 28.0 Å². The number of nitrogens with one attached hydrogen (secondary N) is 1. The highest BCUT2D eigenvalue weighted by molar-refractivity contribution is 5.75. The van der Waals surface area contributed by atoms with Crippen molar-refractivity contribution in [2.45, 2.75) is 45.1 Å². The van der Waals surface area contributed by atoms with Crippen LogP contribution in [0.15, 0.2) is 103 Å². The number of likely N-dealkylation sites (tertiary alicyclic amines) is 1. The van der Waals surface area contributed by atoms with Gasteiger partial charge >= 0.3 is 0 Å². The van der Waals surface area contributed by atoms with Gasteiger partial charge in [-0.15, -0.1) is 0 Å². The van der Waals surface area contributed by atoms with Gasteiger partial charge in [0, 0.05) is 48.2 Å². The highest BCUT2D eigenvalue weighted by Gasteiger charge is 2.25. The van der Waals surface area contributed by atoms with Crippen LogP contribution in [0.25, 0.3) is 5.70 Å². The Hall–Kier alpha value is -3.92. The van der Waals surface area contributed by atoms with Gasteiger partial charge in [-0.3, -0.25) is 0 Å². The van der Waals surface area contributed by atoms with E-state index in [1.807, 2.05) is 0 Å². The third kappa shape index (κ3) is 5.80. The van der Waals surface area contributed by atoms with E-state index >= 15 is 0 Å². The van der Waals surface area contributed by atoms with Crippen LogP contribution in [0.1, 0.15) is 54.4 Å². The maximum atomic E-state index is 6.59. The molecule has 2 unspecified atom stereocenters. The average molecular weight is 505 g/mol. The zero-order valence-electron chi connectivity index (χ0n) is 22.6. The predicted octanol–water partition coefficient (Wildman–Crippen LogP) is 7.07. The molecule has 1 aliphatic carbocycles. The van der Waals surface area contributed by atoms with Crippen LogP contribution in [0.3, 0.4) is 0 Å². The highest BCUT2D eigenvalue weighted by atomic mass is 15.2. The third-order valence-corrected chi connectivity index (χ3v) is 7.91. The lowest BCUT2D eigenvalue weighted by molar-refractivity contribution is 0.309. The molecule has 2 aliphatic rings. The largest absolute Gasteiger partial charge is 0.403 e. The number of hydrogen-bond acceptors (Lipinski definition) is 4. The molecule has 4 nitrogen and oxygen atoms in total. The number of aryl methyl sites for hydroxylation is 1. The van der Waals surface area contributed by atoms with Gasteiger partial charge in [-0.05, 0) is 73.1 Å². The monoisotopic (exact) mass is 504 g/mol. The summed E-state index contributed by atoms with van der Waals surface area (Å²) in [7, 11) is 0. The predicted molar refractivity (Wildman–Crippen MR) is 162 cm³/mol. The Labute approximate surface area is 227 Å². The minimum atomic E-state index is 0.151. The molecular formula is C34H40N4. The van der Waals surface area contributed by atoms with Gasteiger partial charge in [0.1, 0.15) is 0 Å². The second kappa shape index (κ2) is 11.6. The average Bonchev–Trinajstić information content (AvgIpc) is 2.94. The van der Waals surface area contributed by atoms with E-state index in [0.717, 1.165) is 49.3 Å². The highest BCUT2D eigenvalue weighted by Crippen LogP contribution is 2.38. The molecule has 4 heteroatoms. The number of piperidine rings is 1. The summed E-state index contributed by atoms with van der Waals surface area (Å²) in [6.07, 6.45) is 11.9. The Morgan fingerprint density at radius 2 is 1.68 bits per heavy atom. The molecule has 3 aromatic rings. The summed E-state index contributed by atoms with van der Waals surface area (Å²) in [6.45, 7) is 6.27. The van der Waals surface area contributed by atoms with E-state index in [0.29, 0.717) is 12.0 Å². The van der Waals surface area contributed by atoms with Gasteiger partial charge in [0.15, 0.2) is 0 Å². The first-order valence-corrected chi connectivity index (χ1v) is 13.8. The molecule has 1 fully saturated rings. The molecule has 0 spiro atoms. The molecule has 0 bridgehead atoms. The molecule has 3 aromatic carbocycles. The number of nitrogens with zero attached hydrogens (tertiary/aromatic N) is 1. The molecule has 5 rings (SSSR count). The molecular weight excluding hydrogens is 464 g/mol. The van der Waals surface area contributed by atoms with E-state index in [4.69, 9.17) is 11.5 Å². The Morgan fingerprint density at radius 1 is 0.974 bits per heavy atom. The van der Waals surface area contributed by atoms with Crippen LogP contribution < -0.4 is 16.8 Å². The van der Waals surface area contributed by atoms with Gasteiger partial charge in [0.05, 0.1) is 5.70 Å². The minimum Gasteiger partial charge on any atom is -0.403 e. The first-order chi connectivity index (χ1) is 18.5. The number of benzene rings is 3. The van der Waals surface area contributed by atoms with Crippen molar-refractivity contribution < 1.29 is 0 Å². The van der Waals surface area contributed by atoms with Gasteiger partial charge in [-0.1, -0.05) is 79.2 Å². The standard InChI is InChI=1S/C34H40N4/c1-24-8-12-26(13-9-24)34(27-14-10-25(2)11-15-27)28-16-17-32(36)31(22-28)33(23-35)38-20-18-30(19-21-38)37-29-6-4-3-5-7-29/h3-10,12-17,22-23,25,30,34,37H,11,18-21,35-36H2,1-2H3/b33-23+. The fraction of sp³-hybridized carbons (Fsp3) is 0.294.